The van der Waals surface area contributed by atoms with Crippen molar-refractivity contribution in [3.05, 3.63) is 93.9 Å². The van der Waals surface area contributed by atoms with Crippen LogP contribution in [0.5, 0.6) is 0 Å². The van der Waals surface area contributed by atoms with Gasteiger partial charge in [0.05, 0.1) is 4.88 Å². The monoisotopic (exact) mass is 665 g/mol. The van der Waals surface area contributed by atoms with Gasteiger partial charge in [0.15, 0.2) is 11.6 Å². The first-order valence-corrected chi connectivity index (χ1v) is 17.7. The number of carboxylic acid groups (broad SMARTS) is 1. The molecule has 1 saturated carbocycles. The molecule has 2 aromatic carbocycles. The molecule has 4 aromatic rings. The molecule has 0 unspecified atom stereocenters. The van der Waals surface area contributed by atoms with Gasteiger partial charge < -0.3 is 10.4 Å². The predicted molar refractivity (Wildman–Crippen MR) is 192 cm³/mol. The fraction of sp³-hybridized carbons (Fsp3) is 0.425. The minimum absolute atomic E-state index is 0.0194. The Morgan fingerprint density at radius 2 is 1.50 bits per heavy atom. The molecule has 7 nitrogen and oxygen atoms in total. The van der Waals surface area contributed by atoms with Crippen molar-refractivity contribution < 1.29 is 19.5 Å². The van der Waals surface area contributed by atoms with Gasteiger partial charge in [-0.25, -0.2) is 9.97 Å². The van der Waals surface area contributed by atoms with E-state index in [2.05, 4.69) is 74.2 Å². The third-order valence-electron chi connectivity index (χ3n) is 9.55. The highest BCUT2D eigenvalue weighted by molar-refractivity contribution is 7.14. The second-order valence-electron chi connectivity index (χ2n) is 15.1. The number of thiophene rings is 1. The molecule has 1 aliphatic rings. The van der Waals surface area contributed by atoms with Crippen molar-refractivity contribution in [2.45, 2.75) is 97.4 Å². The lowest BCUT2D eigenvalue weighted by molar-refractivity contribution is -0.141. The van der Waals surface area contributed by atoms with E-state index < -0.39 is 23.8 Å². The van der Waals surface area contributed by atoms with E-state index in [-0.39, 0.29) is 24.0 Å². The van der Waals surface area contributed by atoms with E-state index in [1.807, 2.05) is 48.8 Å². The van der Waals surface area contributed by atoms with Crippen molar-refractivity contribution in [1.82, 2.24) is 15.3 Å². The van der Waals surface area contributed by atoms with E-state index in [0.29, 0.717) is 22.0 Å². The van der Waals surface area contributed by atoms with E-state index in [1.54, 1.807) is 0 Å². The second-order valence-corrected chi connectivity index (χ2v) is 16.1. The third-order valence-corrected chi connectivity index (χ3v) is 11.1. The van der Waals surface area contributed by atoms with E-state index >= 15 is 0 Å². The molecule has 2 atom stereocenters. The van der Waals surface area contributed by atoms with Crippen molar-refractivity contribution in [1.29, 1.82) is 0 Å². The van der Waals surface area contributed by atoms with Crippen LogP contribution in [-0.2, 0) is 21.4 Å². The molecule has 1 aliphatic carbocycles. The smallest absolute Gasteiger partial charge is 0.325 e. The summed E-state index contributed by atoms with van der Waals surface area (Å²) in [6.45, 7) is 12.4. The summed E-state index contributed by atoms with van der Waals surface area (Å²) < 4.78 is 0. The number of rotatable bonds is 11. The number of carbonyl (C=O) groups excluding carboxylic acids is 2. The minimum atomic E-state index is -1.13. The summed E-state index contributed by atoms with van der Waals surface area (Å²) >= 11 is 1.44. The average molecular weight is 666 g/mol. The maximum absolute atomic E-state index is 13.3. The molecular weight excluding hydrogens is 619 g/mol. The number of aliphatic carboxylic acids is 1. The van der Waals surface area contributed by atoms with E-state index in [4.69, 9.17) is 0 Å². The zero-order chi connectivity index (χ0) is 34.6. The number of hydrogen-bond donors (Lipinski definition) is 2. The number of amides is 1. The molecule has 2 aromatic heterocycles. The molecule has 1 amide bonds. The topological polar surface area (TPSA) is 109 Å². The molecule has 0 aliphatic heterocycles. The van der Waals surface area contributed by atoms with Gasteiger partial charge in [-0.05, 0) is 84.6 Å². The van der Waals surface area contributed by atoms with E-state index in [9.17, 15) is 19.5 Å². The Kier molecular flexibility index (Phi) is 10.6. The van der Waals surface area contributed by atoms with Crippen LogP contribution in [-0.4, -0.2) is 38.8 Å². The van der Waals surface area contributed by atoms with Crippen LogP contribution in [0.1, 0.15) is 105 Å². The fourth-order valence-corrected chi connectivity index (χ4v) is 7.26. The lowest BCUT2D eigenvalue weighted by atomic mass is 9.71. The highest BCUT2D eigenvalue weighted by Gasteiger charge is 2.29. The van der Waals surface area contributed by atoms with Gasteiger partial charge in [0.1, 0.15) is 6.04 Å². The first-order valence-electron chi connectivity index (χ1n) is 16.9. The number of nitrogens with one attached hydrogen (secondary N) is 1. The van der Waals surface area contributed by atoms with Crippen LogP contribution in [0.25, 0.3) is 22.5 Å². The van der Waals surface area contributed by atoms with Crippen LogP contribution >= 0.6 is 11.3 Å². The van der Waals surface area contributed by atoms with Crippen molar-refractivity contribution in [3.8, 4) is 22.5 Å². The van der Waals surface area contributed by atoms with Crippen LogP contribution in [0.3, 0.4) is 0 Å². The Morgan fingerprint density at radius 3 is 2.06 bits per heavy atom. The van der Waals surface area contributed by atoms with Crippen molar-refractivity contribution in [3.63, 3.8) is 0 Å². The molecule has 2 N–H and O–H groups in total. The third kappa shape index (κ3) is 8.84. The highest BCUT2D eigenvalue weighted by atomic mass is 32.1. The quantitative estimate of drug-likeness (QED) is 0.155. The zero-order valence-corrected chi connectivity index (χ0v) is 29.7. The number of hydrogen-bond acceptors (Lipinski definition) is 6. The second kappa shape index (κ2) is 14.5. The Hall–Kier alpha value is -4.17. The molecule has 252 valence electrons. The maximum atomic E-state index is 13.3. The van der Waals surface area contributed by atoms with Gasteiger partial charge in [-0.2, -0.15) is 0 Å². The molecule has 0 saturated heterocycles. The van der Waals surface area contributed by atoms with Gasteiger partial charge in [0, 0.05) is 40.7 Å². The van der Waals surface area contributed by atoms with Crippen LogP contribution in [0, 0.1) is 11.3 Å². The molecule has 2 heterocycles. The average Bonchev–Trinajstić information content (AvgIpc) is 3.57. The molecule has 1 fully saturated rings. The summed E-state index contributed by atoms with van der Waals surface area (Å²) in [5.74, 6) is -1.20. The Bertz CT molecular complexity index is 1720. The summed E-state index contributed by atoms with van der Waals surface area (Å²) in [6.07, 6.45) is 8.99. The molecule has 5 rings (SSSR count). The fourth-order valence-electron chi connectivity index (χ4n) is 6.25. The Labute approximate surface area is 288 Å². The highest BCUT2D eigenvalue weighted by Crippen LogP contribution is 2.42. The molecular formula is C40H47N3O4S. The number of aromatic nitrogens is 2. The molecule has 0 spiro atoms. The van der Waals surface area contributed by atoms with Gasteiger partial charge >= 0.3 is 5.97 Å². The predicted octanol–water partition coefficient (Wildman–Crippen LogP) is 8.87. The van der Waals surface area contributed by atoms with Crippen LogP contribution in [0.15, 0.2) is 73.1 Å². The van der Waals surface area contributed by atoms with Gasteiger partial charge in [-0.15, -0.1) is 11.3 Å². The number of benzene rings is 2. The summed E-state index contributed by atoms with van der Waals surface area (Å²) in [5.41, 5.74) is 5.53. The first kappa shape index (κ1) is 35.1. The maximum Gasteiger partial charge on any atom is 0.325 e. The van der Waals surface area contributed by atoms with E-state index in [1.165, 1.54) is 49.5 Å². The molecule has 0 bridgehead atoms. The van der Waals surface area contributed by atoms with Crippen molar-refractivity contribution in [2.24, 2.45) is 11.3 Å². The van der Waals surface area contributed by atoms with Gasteiger partial charge in [0.2, 0.25) is 5.91 Å². The Balaban J connectivity index is 1.25. The summed E-state index contributed by atoms with van der Waals surface area (Å²) in [6, 6.07) is 19.2. The normalized spacial score (nSPS) is 16.2. The standard InChI is InChI=1S/C40H47N3O4S/c1-25(38(46)47)43-37(45)31(22-33(44)34-15-16-35(48-34)39(2,3)4)21-26-7-9-30(10-8-26)36-41-23-32(24-42-36)28-13-11-27(12-14-28)29-17-19-40(5,6)20-18-29/h7-16,23-25,29,31H,17-22H2,1-6H3,(H,43,45)(H,46,47)/t25-,31-/m1/s1. The Morgan fingerprint density at radius 1 is 0.896 bits per heavy atom. The lowest BCUT2D eigenvalue weighted by Gasteiger charge is -2.34. The SMILES string of the molecule is C[C@@H](NC(=O)[C@@H](CC(=O)c1ccc(C(C)(C)C)s1)Cc1ccc(-c2ncc(-c3ccc(C4CCC(C)(C)CC4)cc3)cn2)cc1)C(=O)O. The number of carboxylic acids is 1. The lowest BCUT2D eigenvalue weighted by Crippen LogP contribution is -2.42. The first-order chi connectivity index (χ1) is 22.7. The van der Waals surface area contributed by atoms with Gasteiger partial charge in [-0.1, -0.05) is 83.1 Å². The molecule has 8 heteroatoms. The van der Waals surface area contributed by atoms with E-state index in [0.717, 1.165) is 27.1 Å². The zero-order valence-electron chi connectivity index (χ0n) is 28.9. The van der Waals surface area contributed by atoms with Crippen LogP contribution in [0.4, 0.5) is 0 Å². The summed E-state index contributed by atoms with van der Waals surface area (Å²) in [4.78, 5) is 48.9. The van der Waals surface area contributed by atoms with Crippen LogP contribution < -0.4 is 5.32 Å². The number of carbonyl (C=O) groups is 3. The van der Waals surface area contributed by atoms with Crippen molar-refractivity contribution in [2.75, 3.05) is 0 Å². The van der Waals surface area contributed by atoms with Gasteiger partial charge in [0.25, 0.3) is 0 Å². The largest absolute Gasteiger partial charge is 0.480 e. The number of Topliss-reactive ketones (excluding diaryl/α,β-unsaturated/α-hetero) is 1. The van der Waals surface area contributed by atoms with Crippen LogP contribution in [0.2, 0.25) is 0 Å². The summed E-state index contributed by atoms with van der Waals surface area (Å²) in [7, 11) is 0. The summed E-state index contributed by atoms with van der Waals surface area (Å²) in [5, 5.41) is 11.9. The van der Waals surface area contributed by atoms with Crippen molar-refractivity contribution >= 4 is 29.0 Å². The number of nitrogens with zero attached hydrogens (tertiary/aromatic N) is 2. The molecule has 48 heavy (non-hydrogen) atoms. The minimum Gasteiger partial charge on any atom is -0.480 e. The molecule has 0 radical (unpaired) electrons. The number of ketones is 1. The van der Waals surface area contributed by atoms with Gasteiger partial charge in [-0.3, -0.25) is 14.4 Å².